The fraction of sp³-hybridized carbons (Fsp3) is 0.111. The van der Waals surface area contributed by atoms with Crippen LogP contribution in [0, 0.1) is 29.9 Å². The van der Waals surface area contributed by atoms with Crippen molar-refractivity contribution in [2.45, 2.75) is 6.92 Å². The van der Waals surface area contributed by atoms with Crippen LogP contribution in [0.3, 0.4) is 0 Å². The molecule has 1 aromatic heterocycles. The van der Waals surface area contributed by atoms with E-state index in [-0.39, 0.29) is 17.0 Å². The first-order chi connectivity index (χ1) is 16.4. The van der Waals surface area contributed by atoms with Crippen LogP contribution in [0.1, 0.15) is 11.1 Å². The zero-order valence-corrected chi connectivity index (χ0v) is 18.8. The Hall–Kier alpha value is -4.44. The molecule has 0 saturated carbocycles. The Labute approximate surface area is 196 Å². The molecule has 0 spiro atoms. The van der Waals surface area contributed by atoms with Crippen molar-refractivity contribution in [3.05, 3.63) is 95.6 Å². The third-order valence-corrected chi connectivity index (χ3v) is 5.16. The number of ether oxygens (including phenoxy) is 2. The number of benzene rings is 3. The van der Waals surface area contributed by atoms with Crippen LogP contribution in [0.5, 0.6) is 23.3 Å². The molecule has 0 bridgehead atoms. The van der Waals surface area contributed by atoms with E-state index in [9.17, 15) is 5.26 Å². The van der Waals surface area contributed by atoms with Crippen molar-refractivity contribution in [1.82, 2.24) is 4.98 Å². The van der Waals surface area contributed by atoms with Gasteiger partial charge in [0.2, 0.25) is 11.6 Å². The van der Waals surface area contributed by atoms with Crippen molar-refractivity contribution >= 4 is 5.69 Å². The van der Waals surface area contributed by atoms with Gasteiger partial charge in [-0.2, -0.15) is 19.0 Å². The van der Waals surface area contributed by atoms with Gasteiger partial charge in [-0.05, 0) is 47.9 Å². The summed E-state index contributed by atoms with van der Waals surface area (Å²) in [7, 11) is 2.99. The van der Waals surface area contributed by atoms with E-state index in [1.165, 1.54) is 31.1 Å². The Morgan fingerprint density at radius 3 is 2.24 bits per heavy atom. The largest absolute Gasteiger partial charge is 0.436 e. The summed E-state index contributed by atoms with van der Waals surface area (Å²) in [5.41, 5.74) is 2.78. The molecule has 4 rings (SSSR count). The van der Waals surface area contributed by atoms with E-state index in [0.29, 0.717) is 5.75 Å². The minimum absolute atomic E-state index is 0.0974. The Morgan fingerprint density at radius 2 is 1.53 bits per heavy atom. The van der Waals surface area contributed by atoms with Crippen LogP contribution in [0.2, 0.25) is 0 Å². The Kier molecular flexibility index (Phi) is 6.42. The van der Waals surface area contributed by atoms with Gasteiger partial charge < -0.3 is 14.4 Å². The maximum atomic E-state index is 15.2. The molecule has 5 nitrogen and oxygen atoms in total. The minimum Gasteiger partial charge on any atom is -0.436 e. The summed E-state index contributed by atoms with van der Waals surface area (Å²) in [4.78, 5) is 5.24. The lowest BCUT2D eigenvalue weighted by atomic mass is 10.0. The molecule has 4 aromatic rings. The highest BCUT2D eigenvalue weighted by atomic mass is 19.1. The molecule has 170 valence electrons. The highest BCUT2D eigenvalue weighted by molar-refractivity contribution is 5.68. The highest BCUT2D eigenvalue weighted by Crippen LogP contribution is 2.38. The number of pyridine rings is 1. The fourth-order valence-electron chi connectivity index (χ4n) is 3.50. The number of anilines is 1. The van der Waals surface area contributed by atoms with Crippen molar-refractivity contribution in [3.63, 3.8) is 0 Å². The van der Waals surface area contributed by atoms with Crippen LogP contribution in [0.4, 0.5) is 14.5 Å². The topological polar surface area (TPSA) is 58.4 Å². The predicted octanol–water partition coefficient (Wildman–Crippen LogP) is 6.86. The van der Waals surface area contributed by atoms with Gasteiger partial charge in [-0.3, -0.25) is 0 Å². The number of aromatic nitrogens is 1. The Morgan fingerprint density at radius 1 is 0.853 bits per heavy atom. The smallest absolute Gasteiger partial charge is 0.261 e. The SMILES string of the molecule is Cc1ccccc1-c1cccc(Oc2nc(Oc3ccccc3C#N)c(F)c(N(C)C)c2F)c1. The first kappa shape index (κ1) is 22.7. The lowest BCUT2D eigenvalue weighted by Crippen LogP contribution is -2.15. The van der Waals surface area contributed by atoms with Gasteiger partial charge in [0.05, 0.1) is 5.56 Å². The molecule has 0 N–H and O–H groups in total. The maximum Gasteiger partial charge on any atom is 0.261 e. The number of rotatable bonds is 6. The lowest BCUT2D eigenvalue weighted by molar-refractivity contribution is 0.377. The number of hydrogen-bond donors (Lipinski definition) is 0. The first-order valence-electron chi connectivity index (χ1n) is 10.5. The number of aryl methyl sites for hydroxylation is 1. The molecule has 1 heterocycles. The predicted molar refractivity (Wildman–Crippen MR) is 126 cm³/mol. The second kappa shape index (κ2) is 9.59. The summed E-state index contributed by atoms with van der Waals surface area (Å²) in [5.74, 6) is -2.50. The summed E-state index contributed by atoms with van der Waals surface area (Å²) >= 11 is 0. The molecule has 0 aliphatic rings. The van der Waals surface area contributed by atoms with E-state index in [1.807, 2.05) is 43.3 Å². The average Bonchev–Trinajstić information content (AvgIpc) is 2.83. The summed E-state index contributed by atoms with van der Waals surface area (Å²) in [6.45, 7) is 2.00. The van der Waals surface area contributed by atoms with Crippen molar-refractivity contribution in [2.24, 2.45) is 0 Å². The molecular formula is C27H21F2N3O2. The van der Waals surface area contributed by atoms with Crippen LogP contribution in [-0.2, 0) is 0 Å². The van der Waals surface area contributed by atoms with Crippen LogP contribution >= 0.6 is 0 Å². The van der Waals surface area contributed by atoms with Crippen molar-refractivity contribution in [2.75, 3.05) is 19.0 Å². The van der Waals surface area contributed by atoms with Crippen molar-refractivity contribution < 1.29 is 18.3 Å². The lowest BCUT2D eigenvalue weighted by Gasteiger charge is -2.19. The van der Waals surface area contributed by atoms with Crippen LogP contribution in [-0.4, -0.2) is 19.1 Å². The quantitative estimate of drug-likeness (QED) is 0.317. The summed E-state index contributed by atoms with van der Waals surface area (Å²) < 4.78 is 41.7. The fourth-order valence-corrected chi connectivity index (χ4v) is 3.50. The molecule has 0 fully saturated rings. The first-order valence-corrected chi connectivity index (χ1v) is 10.5. The highest BCUT2D eigenvalue weighted by Gasteiger charge is 2.25. The van der Waals surface area contributed by atoms with Crippen molar-refractivity contribution in [3.8, 4) is 40.5 Å². The van der Waals surface area contributed by atoms with E-state index in [4.69, 9.17) is 9.47 Å². The number of hydrogen-bond acceptors (Lipinski definition) is 5. The standard InChI is InChI=1S/C27H21F2N3O2/c1-17-9-4-6-13-21(17)18-11-8-12-20(15-18)33-26-23(28)25(32(2)3)24(29)27(31-26)34-22-14-7-5-10-19(22)16-30/h4-15H,1-3H3. The normalized spacial score (nSPS) is 10.5. The van der Waals surface area contributed by atoms with E-state index >= 15 is 8.78 Å². The van der Waals surface area contributed by atoms with Gasteiger partial charge in [-0.25, -0.2) is 0 Å². The molecular weight excluding hydrogens is 436 g/mol. The van der Waals surface area contributed by atoms with Gasteiger partial charge in [-0.1, -0.05) is 48.5 Å². The molecule has 7 heteroatoms. The number of para-hydroxylation sites is 1. The molecule has 3 aromatic carbocycles. The van der Waals surface area contributed by atoms with Crippen LogP contribution in [0.15, 0.2) is 72.8 Å². The van der Waals surface area contributed by atoms with Gasteiger partial charge in [0, 0.05) is 14.1 Å². The molecule has 34 heavy (non-hydrogen) atoms. The summed E-state index contributed by atoms with van der Waals surface area (Å²) in [6.07, 6.45) is 0. The van der Waals surface area contributed by atoms with Crippen molar-refractivity contribution in [1.29, 1.82) is 5.26 Å². The number of nitriles is 1. The monoisotopic (exact) mass is 457 g/mol. The number of nitrogens with zero attached hydrogens (tertiary/aromatic N) is 3. The summed E-state index contributed by atoms with van der Waals surface area (Å²) in [5, 5.41) is 9.30. The zero-order chi connectivity index (χ0) is 24.2. The van der Waals surface area contributed by atoms with E-state index in [2.05, 4.69) is 4.98 Å². The minimum atomic E-state index is -1.00. The Bertz CT molecular complexity index is 1400. The average molecular weight is 457 g/mol. The maximum absolute atomic E-state index is 15.2. The molecule has 0 atom stereocenters. The molecule has 0 saturated heterocycles. The number of halogens is 2. The van der Waals surface area contributed by atoms with Gasteiger partial charge in [0.25, 0.3) is 11.8 Å². The second-order valence-electron chi connectivity index (χ2n) is 7.75. The van der Waals surface area contributed by atoms with Crippen LogP contribution in [0.25, 0.3) is 11.1 Å². The second-order valence-corrected chi connectivity index (χ2v) is 7.75. The molecule has 0 aliphatic heterocycles. The van der Waals surface area contributed by atoms with Crippen LogP contribution < -0.4 is 14.4 Å². The Balaban J connectivity index is 1.76. The zero-order valence-electron chi connectivity index (χ0n) is 18.8. The molecule has 0 amide bonds. The van der Waals surface area contributed by atoms with Gasteiger partial charge in [-0.15, -0.1) is 0 Å². The third-order valence-electron chi connectivity index (χ3n) is 5.16. The van der Waals surface area contributed by atoms with E-state index < -0.39 is 23.4 Å². The summed E-state index contributed by atoms with van der Waals surface area (Å²) in [6, 6.07) is 23.3. The molecule has 0 unspecified atom stereocenters. The van der Waals surface area contributed by atoms with Gasteiger partial charge in [0.1, 0.15) is 23.3 Å². The third kappa shape index (κ3) is 4.52. The van der Waals surface area contributed by atoms with Gasteiger partial charge in [0.15, 0.2) is 0 Å². The van der Waals surface area contributed by atoms with E-state index in [1.54, 1.807) is 30.3 Å². The molecule has 0 radical (unpaired) electrons. The van der Waals surface area contributed by atoms with E-state index in [0.717, 1.165) is 16.7 Å². The van der Waals surface area contributed by atoms with Gasteiger partial charge >= 0.3 is 0 Å². The molecule has 0 aliphatic carbocycles.